The minimum absolute atomic E-state index is 0.653. The second kappa shape index (κ2) is 7.80. The second-order valence-corrected chi connectivity index (χ2v) is 6.73. The van der Waals surface area contributed by atoms with Crippen LogP contribution in [0.3, 0.4) is 0 Å². The molecule has 1 N–H and O–H groups in total. The summed E-state index contributed by atoms with van der Waals surface area (Å²) in [6.07, 6.45) is 3.86. The van der Waals surface area contributed by atoms with Crippen LogP contribution in [0.25, 0.3) is 0 Å². The number of hydrogen-bond acceptors (Lipinski definition) is 2. The average molecular weight is 274 g/mol. The first-order valence-corrected chi connectivity index (χ1v) is 8.16. The highest BCUT2D eigenvalue weighted by Crippen LogP contribution is 2.15. The van der Waals surface area contributed by atoms with E-state index in [2.05, 4.69) is 61.3 Å². The number of hydrogen-bond donors (Lipinski definition) is 1. The summed E-state index contributed by atoms with van der Waals surface area (Å²) < 4.78 is 0. The molecule has 0 aliphatic carbocycles. The third-order valence-electron chi connectivity index (χ3n) is 4.18. The van der Waals surface area contributed by atoms with E-state index >= 15 is 0 Å². The lowest BCUT2D eigenvalue weighted by molar-refractivity contribution is 0.182. The van der Waals surface area contributed by atoms with Crippen LogP contribution >= 0.6 is 0 Å². The van der Waals surface area contributed by atoms with Crippen molar-refractivity contribution < 1.29 is 0 Å². The second-order valence-electron chi connectivity index (χ2n) is 6.73. The smallest absolute Gasteiger partial charge is 0.0233 e. The standard InChI is InChI=1S/C18H30N2/c1-15(2)13-16(3)19-18-9-11-20(12-10-18)14-17-7-5-4-6-8-17/h4-8,15-16,18-19H,9-14H2,1-3H3. The molecule has 1 heterocycles. The van der Waals surface area contributed by atoms with Crippen molar-refractivity contribution in [2.45, 2.75) is 58.7 Å². The van der Waals surface area contributed by atoms with Crippen molar-refractivity contribution in [3.8, 4) is 0 Å². The van der Waals surface area contributed by atoms with Gasteiger partial charge in [-0.25, -0.2) is 0 Å². The first-order chi connectivity index (χ1) is 9.63. The molecule has 2 nitrogen and oxygen atoms in total. The third kappa shape index (κ3) is 5.26. The van der Waals surface area contributed by atoms with Gasteiger partial charge in [-0.2, -0.15) is 0 Å². The minimum Gasteiger partial charge on any atom is -0.311 e. The van der Waals surface area contributed by atoms with Gasteiger partial charge in [-0.05, 0) is 50.8 Å². The van der Waals surface area contributed by atoms with Gasteiger partial charge in [0.1, 0.15) is 0 Å². The molecule has 1 aliphatic rings. The summed E-state index contributed by atoms with van der Waals surface area (Å²) >= 11 is 0. The van der Waals surface area contributed by atoms with Crippen molar-refractivity contribution in [1.29, 1.82) is 0 Å². The summed E-state index contributed by atoms with van der Waals surface area (Å²) in [5.74, 6) is 0.788. The van der Waals surface area contributed by atoms with Crippen molar-refractivity contribution in [1.82, 2.24) is 10.2 Å². The van der Waals surface area contributed by atoms with Gasteiger partial charge in [-0.3, -0.25) is 4.90 Å². The van der Waals surface area contributed by atoms with Gasteiger partial charge in [0.15, 0.2) is 0 Å². The lowest BCUT2D eigenvalue weighted by atomic mass is 10.00. The van der Waals surface area contributed by atoms with E-state index in [1.165, 1.54) is 37.9 Å². The Morgan fingerprint density at radius 3 is 2.35 bits per heavy atom. The monoisotopic (exact) mass is 274 g/mol. The third-order valence-corrected chi connectivity index (χ3v) is 4.18. The maximum atomic E-state index is 3.81. The normalized spacial score (nSPS) is 19.4. The fourth-order valence-corrected chi connectivity index (χ4v) is 3.28. The Kier molecular flexibility index (Phi) is 6.06. The van der Waals surface area contributed by atoms with Gasteiger partial charge in [0.2, 0.25) is 0 Å². The van der Waals surface area contributed by atoms with Crippen molar-refractivity contribution in [2.75, 3.05) is 13.1 Å². The molecule has 2 heteroatoms. The quantitative estimate of drug-likeness (QED) is 0.851. The topological polar surface area (TPSA) is 15.3 Å². The van der Waals surface area contributed by atoms with E-state index in [0.717, 1.165) is 18.5 Å². The summed E-state index contributed by atoms with van der Waals surface area (Å²) in [5.41, 5.74) is 1.44. The molecule has 1 unspecified atom stereocenters. The van der Waals surface area contributed by atoms with Gasteiger partial charge < -0.3 is 5.32 Å². The predicted octanol–water partition coefficient (Wildman–Crippen LogP) is 3.68. The number of rotatable bonds is 6. The van der Waals surface area contributed by atoms with E-state index in [-0.39, 0.29) is 0 Å². The lowest BCUT2D eigenvalue weighted by Crippen LogP contribution is -2.45. The number of benzene rings is 1. The Labute approximate surface area is 124 Å². The minimum atomic E-state index is 0.653. The largest absolute Gasteiger partial charge is 0.311 e. The van der Waals surface area contributed by atoms with E-state index in [1.807, 2.05) is 0 Å². The molecule has 0 bridgehead atoms. The molecule has 0 saturated carbocycles. The predicted molar refractivity (Wildman–Crippen MR) is 86.8 cm³/mol. The number of piperidine rings is 1. The van der Waals surface area contributed by atoms with Gasteiger partial charge in [-0.1, -0.05) is 44.2 Å². The number of likely N-dealkylation sites (tertiary alicyclic amines) is 1. The molecule has 0 amide bonds. The molecule has 0 radical (unpaired) electrons. The van der Waals surface area contributed by atoms with Crippen LogP contribution in [0.1, 0.15) is 45.6 Å². The molecule has 1 saturated heterocycles. The fraction of sp³-hybridized carbons (Fsp3) is 0.667. The summed E-state index contributed by atoms with van der Waals surface area (Å²) in [4.78, 5) is 2.58. The van der Waals surface area contributed by atoms with Crippen molar-refractivity contribution in [2.24, 2.45) is 5.92 Å². The maximum absolute atomic E-state index is 3.81. The van der Waals surface area contributed by atoms with Gasteiger partial charge in [-0.15, -0.1) is 0 Å². The van der Waals surface area contributed by atoms with E-state index in [9.17, 15) is 0 Å². The van der Waals surface area contributed by atoms with Crippen LogP contribution in [0, 0.1) is 5.92 Å². The zero-order valence-electron chi connectivity index (χ0n) is 13.3. The molecule has 1 fully saturated rings. The molecule has 0 aromatic heterocycles. The number of nitrogens with zero attached hydrogens (tertiary/aromatic N) is 1. The Morgan fingerprint density at radius 1 is 1.10 bits per heavy atom. The van der Waals surface area contributed by atoms with E-state index in [1.54, 1.807) is 0 Å². The average Bonchev–Trinajstić information content (AvgIpc) is 2.41. The highest BCUT2D eigenvalue weighted by atomic mass is 15.1. The first-order valence-electron chi connectivity index (χ1n) is 8.16. The molecular formula is C18H30N2. The Hall–Kier alpha value is -0.860. The molecule has 112 valence electrons. The highest BCUT2D eigenvalue weighted by molar-refractivity contribution is 5.14. The summed E-state index contributed by atoms with van der Waals surface area (Å²) in [7, 11) is 0. The SMILES string of the molecule is CC(C)CC(C)NC1CCN(Cc2ccccc2)CC1. The van der Waals surface area contributed by atoms with Crippen molar-refractivity contribution in [3.63, 3.8) is 0 Å². The van der Waals surface area contributed by atoms with Crippen LogP contribution in [0.15, 0.2) is 30.3 Å². The number of nitrogens with one attached hydrogen (secondary N) is 1. The molecular weight excluding hydrogens is 244 g/mol. The molecule has 1 aromatic carbocycles. The Morgan fingerprint density at radius 2 is 1.75 bits per heavy atom. The van der Waals surface area contributed by atoms with E-state index < -0.39 is 0 Å². The maximum Gasteiger partial charge on any atom is 0.0233 e. The van der Waals surface area contributed by atoms with Crippen LogP contribution in [-0.2, 0) is 6.54 Å². The molecule has 0 spiro atoms. The summed E-state index contributed by atoms with van der Waals surface area (Å²) in [6, 6.07) is 12.2. The van der Waals surface area contributed by atoms with E-state index in [0.29, 0.717) is 6.04 Å². The molecule has 1 aliphatic heterocycles. The highest BCUT2D eigenvalue weighted by Gasteiger charge is 2.20. The fourth-order valence-electron chi connectivity index (χ4n) is 3.28. The van der Waals surface area contributed by atoms with Crippen molar-refractivity contribution >= 4 is 0 Å². The molecule has 1 aromatic rings. The van der Waals surface area contributed by atoms with Crippen LogP contribution in [0.5, 0.6) is 0 Å². The molecule has 1 atom stereocenters. The van der Waals surface area contributed by atoms with Gasteiger partial charge in [0, 0.05) is 18.6 Å². The van der Waals surface area contributed by atoms with Gasteiger partial charge in [0.05, 0.1) is 0 Å². The summed E-state index contributed by atoms with van der Waals surface area (Å²) in [5, 5.41) is 3.81. The van der Waals surface area contributed by atoms with E-state index in [4.69, 9.17) is 0 Å². The zero-order valence-corrected chi connectivity index (χ0v) is 13.3. The Balaban J connectivity index is 1.70. The Bertz CT molecular complexity index is 366. The van der Waals surface area contributed by atoms with Crippen molar-refractivity contribution in [3.05, 3.63) is 35.9 Å². The lowest BCUT2D eigenvalue weighted by Gasteiger charge is -2.34. The zero-order chi connectivity index (χ0) is 14.4. The van der Waals surface area contributed by atoms with Crippen LogP contribution in [0.4, 0.5) is 0 Å². The molecule has 2 rings (SSSR count). The van der Waals surface area contributed by atoms with Gasteiger partial charge in [0.25, 0.3) is 0 Å². The first kappa shape index (κ1) is 15.5. The van der Waals surface area contributed by atoms with Crippen LogP contribution in [-0.4, -0.2) is 30.1 Å². The molecule has 20 heavy (non-hydrogen) atoms. The van der Waals surface area contributed by atoms with Crippen LogP contribution in [0.2, 0.25) is 0 Å². The summed E-state index contributed by atoms with van der Waals surface area (Å²) in [6.45, 7) is 10.5. The van der Waals surface area contributed by atoms with Gasteiger partial charge >= 0.3 is 0 Å². The van der Waals surface area contributed by atoms with Crippen LogP contribution < -0.4 is 5.32 Å².